The summed E-state index contributed by atoms with van der Waals surface area (Å²) in [6, 6.07) is -1.19. The molecule has 9 heteroatoms. The van der Waals surface area contributed by atoms with Crippen molar-refractivity contribution in [3.63, 3.8) is 0 Å². The van der Waals surface area contributed by atoms with Crippen molar-refractivity contribution in [3.05, 3.63) is 12.0 Å². The summed E-state index contributed by atoms with van der Waals surface area (Å²) in [6.45, 7) is 1.97. The zero-order valence-electron chi connectivity index (χ0n) is 10.7. The second kappa shape index (κ2) is 6.64. The number of carboxylic acids is 1. The Bertz CT molecular complexity index is 525. The van der Waals surface area contributed by atoms with Crippen molar-refractivity contribution in [2.24, 2.45) is 0 Å². The molecule has 0 amide bonds. The lowest BCUT2D eigenvalue weighted by Gasteiger charge is -2.13. The summed E-state index contributed by atoms with van der Waals surface area (Å²) in [5.74, 6) is -0.789. The monoisotopic (exact) mass is 291 g/mol. The molecule has 1 atom stereocenters. The van der Waals surface area contributed by atoms with Gasteiger partial charge in [0.2, 0.25) is 0 Å². The number of H-pyrrole nitrogens is 1. The summed E-state index contributed by atoms with van der Waals surface area (Å²) in [5.41, 5.74) is 0. The smallest absolute Gasteiger partial charge is 0.321 e. The van der Waals surface area contributed by atoms with Crippen LogP contribution in [0.1, 0.15) is 18.7 Å². The van der Waals surface area contributed by atoms with Gasteiger partial charge in [-0.1, -0.05) is 0 Å². The van der Waals surface area contributed by atoms with E-state index >= 15 is 0 Å². The van der Waals surface area contributed by atoms with E-state index in [0.29, 0.717) is 18.9 Å². The molecule has 108 valence electrons. The molecular formula is C10H17N3O5S. The molecule has 0 aliphatic carbocycles. The predicted octanol–water partition coefficient (Wildman–Crippen LogP) is -0.124. The number of nitrogens with zero attached hydrogens (tertiary/aromatic N) is 1. The molecule has 0 aliphatic heterocycles. The molecule has 1 aromatic heterocycles. The van der Waals surface area contributed by atoms with Crippen LogP contribution in [0, 0.1) is 6.92 Å². The van der Waals surface area contributed by atoms with Crippen LogP contribution in [0.25, 0.3) is 0 Å². The van der Waals surface area contributed by atoms with E-state index in [9.17, 15) is 13.2 Å². The number of carboxylic acid groups (broad SMARTS) is 1. The van der Waals surface area contributed by atoms with Gasteiger partial charge in [0.15, 0.2) is 5.03 Å². The Balaban J connectivity index is 2.75. The Kier molecular flexibility index (Phi) is 5.45. The Hall–Kier alpha value is -1.45. The second-order valence-electron chi connectivity index (χ2n) is 3.98. The summed E-state index contributed by atoms with van der Waals surface area (Å²) in [6.07, 6.45) is 1.74. The summed E-state index contributed by atoms with van der Waals surface area (Å²) in [5, 5.41) is 8.84. The summed E-state index contributed by atoms with van der Waals surface area (Å²) in [7, 11) is -2.42. The molecule has 1 unspecified atom stereocenters. The fourth-order valence-electron chi connectivity index (χ4n) is 1.45. The van der Waals surface area contributed by atoms with E-state index in [1.807, 2.05) is 0 Å². The zero-order valence-corrected chi connectivity index (χ0v) is 11.5. The Labute approximate surface area is 111 Å². The Morgan fingerprint density at radius 3 is 2.79 bits per heavy atom. The minimum absolute atomic E-state index is 0.148. The van der Waals surface area contributed by atoms with Gasteiger partial charge in [0.1, 0.15) is 11.9 Å². The van der Waals surface area contributed by atoms with E-state index in [-0.39, 0.29) is 11.4 Å². The normalized spacial score (nSPS) is 13.4. The minimum atomic E-state index is -3.91. The van der Waals surface area contributed by atoms with Crippen LogP contribution in [0.15, 0.2) is 11.2 Å². The number of ether oxygens (including phenoxy) is 1. The molecule has 1 heterocycles. The van der Waals surface area contributed by atoms with Gasteiger partial charge in [-0.2, -0.15) is 4.72 Å². The van der Waals surface area contributed by atoms with Crippen LogP contribution < -0.4 is 4.72 Å². The van der Waals surface area contributed by atoms with Crippen molar-refractivity contribution < 1.29 is 23.1 Å². The minimum Gasteiger partial charge on any atom is -0.480 e. The standard InChI is InChI=1S/C10H17N3O5S/c1-7-11-6-9(12-7)19(16,17)13-8(10(14)15)4-3-5-18-2/h6,8,13H,3-5H2,1-2H3,(H,11,12)(H,14,15). The van der Waals surface area contributed by atoms with Gasteiger partial charge >= 0.3 is 5.97 Å². The van der Waals surface area contributed by atoms with Crippen LogP contribution in [-0.2, 0) is 19.6 Å². The maximum Gasteiger partial charge on any atom is 0.321 e. The number of aromatic nitrogens is 2. The zero-order chi connectivity index (χ0) is 14.5. The molecule has 0 bridgehead atoms. The number of hydrogen-bond acceptors (Lipinski definition) is 5. The summed E-state index contributed by atoms with van der Waals surface area (Å²) >= 11 is 0. The number of aromatic amines is 1. The first-order valence-electron chi connectivity index (χ1n) is 5.62. The molecule has 0 aromatic carbocycles. The van der Waals surface area contributed by atoms with Crippen molar-refractivity contribution >= 4 is 16.0 Å². The van der Waals surface area contributed by atoms with E-state index in [4.69, 9.17) is 9.84 Å². The Morgan fingerprint density at radius 2 is 2.32 bits per heavy atom. The first-order valence-corrected chi connectivity index (χ1v) is 7.11. The maximum absolute atomic E-state index is 11.9. The average Bonchev–Trinajstić information content (AvgIpc) is 2.75. The number of aliphatic carboxylic acids is 1. The highest BCUT2D eigenvalue weighted by atomic mass is 32.2. The lowest BCUT2D eigenvalue weighted by molar-refractivity contribution is -0.139. The molecule has 0 spiro atoms. The van der Waals surface area contributed by atoms with Gasteiger partial charge in [0.25, 0.3) is 10.0 Å². The summed E-state index contributed by atoms with van der Waals surface area (Å²) in [4.78, 5) is 17.3. The SMILES string of the molecule is COCCCC(NS(=O)(=O)c1cnc(C)[nH]1)C(=O)O. The molecule has 0 radical (unpaired) electrons. The van der Waals surface area contributed by atoms with Crippen molar-refractivity contribution in [2.75, 3.05) is 13.7 Å². The van der Waals surface area contributed by atoms with Gasteiger partial charge in [-0.25, -0.2) is 13.4 Å². The van der Waals surface area contributed by atoms with Crippen LogP contribution in [0.3, 0.4) is 0 Å². The highest BCUT2D eigenvalue weighted by Gasteiger charge is 2.26. The first kappa shape index (κ1) is 15.6. The first-order chi connectivity index (χ1) is 8.86. The largest absolute Gasteiger partial charge is 0.480 e. The maximum atomic E-state index is 11.9. The number of rotatable bonds is 8. The number of hydrogen-bond donors (Lipinski definition) is 3. The quantitative estimate of drug-likeness (QED) is 0.574. The van der Waals surface area contributed by atoms with E-state index in [1.54, 1.807) is 6.92 Å². The van der Waals surface area contributed by atoms with Crippen LogP contribution in [0.2, 0.25) is 0 Å². The molecule has 1 rings (SSSR count). The second-order valence-corrected chi connectivity index (χ2v) is 5.66. The van der Waals surface area contributed by atoms with Gasteiger partial charge in [-0.15, -0.1) is 0 Å². The number of aryl methyl sites for hydroxylation is 1. The molecule has 0 fully saturated rings. The molecule has 0 aliphatic rings. The van der Waals surface area contributed by atoms with Crippen LogP contribution in [-0.4, -0.2) is 49.2 Å². The Morgan fingerprint density at radius 1 is 1.63 bits per heavy atom. The third kappa shape index (κ3) is 4.62. The van der Waals surface area contributed by atoms with Gasteiger partial charge < -0.3 is 14.8 Å². The van der Waals surface area contributed by atoms with Gasteiger partial charge in [-0.05, 0) is 19.8 Å². The van der Waals surface area contributed by atoms with Crippen LogP contribution in [0.4, 0.5) is 0 Å². The molecular weight excluding hydrogens is 274 g/mol. The highest BCUT2D eigenvalue weighted by molar-refractivity contribution is 7.89. The highest BCUT2D eigenvalue weighted by Crippen LogP contribution is 2.08. The molecule has 1 aromatic rings. The molecule has 19 heavy (non-hydrogen) atoms. The van der Waals surface area contributed by atoms with Gasteiger partial charge in [-0.3, -0.25) is 4.79 Å². The number of methoxy groups -OCH3 is 1. The molecule has 0 saturated heterocycles. The van der Waals surface area contributed by atoms with Crippen LogP contribution in [0.5, 0.6) is 0 Å². The molecule has 8 nitrogen and oxygen atoms in total. The van der Waals surface area contributed by atoms with E-state index in [2.05, 4.69) is 14.7 Å². The third-order valence-electron chi connectivity index (χ3n) is 2.41. The molecule has 0 saturated carbocycles. The molecule has 3 N–H and O–H groups in total. The van der Waals surface area contributed by atoms with Crippen molar-refractivity contribution in [1.82, 2.24) is 14.7 Å². The number of nitrogens with one attached hydrogen (secondary N) is 2. The van der Waals surface area contributed by atoms with Crippen molar-refractivity contribution in [1.29, 1.82) is 0 Å². The lowest BCUT2D eigenvalue weighted by atomic mass is 10.2. The number of imidazole rings is 1. The fourth-order valence-corrected chi connectivity index (χ4v) is 2.64. The lowest BCUT2D eigenvalue weighted by Crippen LogP contribution is -2.41. The van der Waals surface area contributed by atoms with E-state index in [1.165, 1.54) is 7.11 Å². The number of carbonyl (C=O) groups is 1. The van der Waals surface area contributed by atoms with E-state index in [0.717, 1.165) is 6.20 Å². The van der Waals surface area contributed by atoms with Crippen molar-refractivity contribution in [2.45, 2.75) is 30.8 Å². The average molecular weight is 291 g/mol. The van der Waals surface area contributed by atoms with Crippen LogP contribution >= 0.6 is 0 Å². The van der Waals surface area contributed by atoms with E-state index < -0.39 is 22.0 Å². The van der Waals surface area contributed by atoms with Gasteiger partial charge in [0, 0.05) is 13.7 Å². The van der Waals surface area contributed by atoms with Gasteiger partial charge in [0.05, 0.1) is 6.20 Å². The number of sulfonamides is 1. The third-order valence-corrected chi connectivity index (χ3v) is 3.79. The topological polar surface area (TPSA) is 121 Å². The van der Waals surface area contributed by atoms with Crippen molar-refractivity contribution in [3.8, 4) is 0 Å². The fraction of sp³-hybridized carbons (Fsp3) is 0.600. The summed E-state index contributed by atoms with van der Waals surface area (Å²) < 4.78 is 30.8. The predicted molar refractivity (Wildman–Crippen MR) is 66.2 cm³/mol.